The zero-order valence-electron chi connectivity index (χ0n) is 8.72. The van der Waals surface area contributed by atoms with Crippen LogP contribution in [0.4, 0.5) is 5.82 Å². The quantitative estimate of drug-likeness (QED) is 0.782. The van der Waals surface area contributed by atoms with Crippen molar-refractivity contribution in [3.8, 4) is 5.88 Å². The molecule has 0 bridgehead atoms. The van der Waals surface area contributed by atoms with E-state index in [2.05, 4.69) is 14.9 Å². The molecule has 0 aromatic carbocycles. The van der Waals surface area contributed by atoms with Gasteiger partial charge in [0.2, 0.25) is 5.88 Å². The number of nitrogen functional groups attached to an aromatic ring is 1. The Kier molecular flexibility index (Phi) is 3.34. The van der Waals surface area contributed by atoms with E-state index in [4.69, 9.17) is 10.5 Å². The van der Waals surface area contributed by atoms with Gasteiger partial charge in [-0.3, -0.25) is 4.90 Å². The first-order valence-electron chi connectivity index (χ1n) is 5.27. The molecule has 82 valence electrons. The highest BCUT2D eigenvalue weighted by Gasteiger charge is 2.10. The highest BCUT2D eigenvalue weighted by atomic mass is 16.5. The minimum Gasteiger partial charge on any atom is -0.475 e. The highest BCUT2D eigenvalue weighted by Crippen LogP contribution is 2.08. The van der Waals surface area contributed by atoms with Crippen molar-refractivity contribution in [1.82, 2.24) is 14.9 Å². The van der Waals surface area contributed by atoms with Crippen molar-refractivity contribution in [3.63, 3.8) is 0 Å². The largest absolute Gasteiger partial charge is 0.475 e. The zero-order chi connectivity index (χ0) is 10.5. The van der Waals surface area contributed by atoms with Gasteiger partial charge in [-0.05, 0) is 25.9 Å². The molecule has 15 heavy (non-hydrogen) atoms. The van der Waals surface area contributed by atoms with Gasteiger partial charge in [-0.15, -0.1) is 0 Å². The van der Waals surface area contributed by atoms with Gasteiger partial charge in [0.1, 0.15) is 12.4 Å². The summed E-state index contributed by atoms with van der Waals surface area (Å²) in [6, 6.07) is 0. The molecule has 0 aliphatic carbocycles. The number of ether oxygens (including phenoxy) is 1. The normalized spacial score (nSPS) is 16.8. The summed E-state index contributed by atoms with van der Waals surface area (Å²) in [5.74, 6) is 0.963. The van der Waals surface area contributed by atoms with Crippen molar-refractivity contribution in [2.75, 3.05) is 32.0 Å². The highest BCUT2D eigenvalue weighted by molar-refractivity contribution is 5.24. The maximum Gasteiger partial charge on any atom is 0.232 e. The maximum atomic E-state index is 5.45. The lowest BCUT2D eigenvalue weighted by Crippen LogP contribution is -2.25. The molecule has 1 aliphatic rings. The van der Waals surface area contributed by atoms with Gasteiger partial charge >= 0.3 is 0 Å². The SMILES string of the molecule is Nc1cnc(OCCN2CCCC2)cn1. The Labute approximate surface area is 89.3 Å². The Morgan fingerprint density at radius 1 is 1.27 bits per heavy atom. The van der Waals surface area contributed by atoms with Crippen molar-refractivity contribution in [2.45, 2.75) is 12.8 Å². The van der Waals surface area contributed by atoms with E-state index in [9.17, 15) is 0 Å². The third-order valence-corrected chi connectivity index (χ3v) is 2.50. The first kappa shape index (κ1) is 10.2. The van der Waals surface area contributed by atoms with Gasteiger partial charge in [-0.1, -0.05) is 0 Å². The van der Waals surface area contributed by atoms with E-state index in [0.29, 0.717) is 18.3 Å². The second-order valence-corrected chi connectivity index (χ2v) is 3.68. The minimum absolute atomic E-state index is 0.418. The predicted octanol–water partition coefficient (Wildman–Crippen LogP) is 0.533. The van der Waals surface area contributed by atoms with Crippen molar-refractivity contribution >= 4 is 5.82 Å². The zero-order valence-corrected chi connectivity index (χ0v) is 8.72. The van der Waals surface area contributed by atoms with E-state index in [0.717, 1.165) is 6.54 Å². The third kappa shape index (κ3) is 3.06. The van der Waals surface area contributed by atoms with Crippen LogP contribution in [0.25, 0.3) is 0 Å². The molecule has 0 unspecified atom stereocenters. The van der Waals surface area contributed by atoms with Crippen molar-refractivity contribution in [1.29, 1.82) is 0 Å². The Morgan fingerprint density at radius 3 is 2.73 bits per heavy atom. The molecule has 5 nitrogen and oxygen atoms in total. The fourth-order valence-corrected chi connectivity index (χ4v) is 1.69. The summed E-state index contributed by atoms with van der Waals surface area (Å²) >= 11 is 0. The summed E-state index contributed by atoms with van der Waals surface area (Å²) in [7, 11) is 0. The van der Waals surface area contributed by atoms with E-state index in [1.54, 1.807) is 6.20 Å². The number of nitrogens with two attached hydrogens (primary N) is 1. The lowest BCUT2D eigenvalue weighted by Gasteiger charge is -2.14. The standard InChI is InChI=1S/C10H16N4O/c11-9-7-13-10(8-12-9)15-6-5-14-3-1-2-4-14/h7-8H,1-6H2,(H2,11,12). The van der Waals surface area contributed by atoms with E-state index >= 15 is 0 Å². The number of nitrogens with zero attached hydrogens (tertiary/aromatic N) is 3. The maximum absolute atomic E-state index is 5.45. The smallest absolute Gasteiger partial charge is 0.232 e. The molecule has 2 heterocycles. The summed E-state index contributed by atoms with van der Waals surface area (Å²) in [6.07, 6.45) is 5.67. The molecule has 1 saturated heterocycles. The fraction of sp³-hybridized carbons (Fsp3) is 0.600. The van der Waals surface area contributed by atoms with Crippen LogP contribution >= 0.6 is 0 Å². The molecule has 1 aliphatic heterocycles. The predicted molar refractivity (Wildman–Crippen MR) is 57.6 cm³/mol. The summed E-state index contributed by atoms with van der Waals surface area (Å²) < 4.78 is 5.45. The molecule has 2 N–H and O–H groups in total. The summed E-state index contributed by atoms with van der Waals surface area (Å²) in [5, 5.41) is 0. The molecule has 5 heteroatoms. The van der Waals surface area contributed by atoms with Crippen LogP contribution in [0.5, 0.6) is 5.88 Å². The third-order valence-electron chi connectivity index (χ3n) is 2.50. The van der Waals surface area contributed by atoms with Crippen LogP contribution < -0.4 is 10.5 Å². The molecule has 1 aromatic rings. The molecule has 0 amide bonds. The van der Waals surface area contributed by atoms with Gasteiger partial charge in [0.05, 0.1) is 12.4 Å². The lowest BCUT2D eigenvalue weighted by molar-refractivity contribution is 0.231. The number of anilines is 1. The van der Waals surface area contributed by atoms with Crippen molar-refractivity contribution in [2.24, 2.45) is 0 Å². The molecular formula is C10H16N4O. The molecule has 2 rings (SSSR count). The van der Waals surface area contributed by atoms with Gasteiger partial charge in [-0.2, -0.15) is 0 Å². The van der Waals surface area contributed by atoms with Gasteiger partial charge in [0.15, 0.2) is 0 Å². The van der Waals surface area contributed by atoms with Crippen molar-refractivity contribution in [3.05, 3.63) is 12.4 Å². The molecule has 1 aromatic heterocycles. The second-order valence-electron chi connectivity index (χ2n) is 3.68. The number of aromatic nitrogens is 2. The van der Waals surface area contributed by atoms with Crippen LogP contribution in [-0.2, 0) is 0 Å². The Balaban J connectivity index is 1.71. The van der Waals surface area contributed by atoms with Crippen LogP contribution in [0.1, 0.15) is 12.8 Å². The first-order chi connectivity index (χ1) is 7.34. The molecule has 0 spiro atoms. The van der Waals surface area contributed by atoms with Crippen LogP contribution in [0.15, 0.2) is 12.4 Å². The van der Waals surface area contributed by atoms with Gasteiger partial charge < -0.3 is 10.5 Å². The monoisotopic (exact) mass is 208 g/mol. The average molecular weight is 208 g/mol. The molecule has 0 radical (unpaired) electrons. The molecule has 0 saturated carbocycles. The molecule has 1 fully saturated rings. The summed E-state index contributed by atoms with van der Waals surface area (Å²) in [5.41, 5.74) is 5.42. The van der Waals surface area contributed by atoms with Crippen LogP contribution in [0, 0.1) is 0 Å². The average Bonchev–Trinajstić information content (AvgIpc) is 2.74. The van der Waals surface area contributed by atoms with Gasteiger partial charge in [0.25, 0.3) is 0 Å². The Morgan fingerprint density at radius 2 is 2.07 bits per heavy atom. The first-order valence-corrected chi connectivity index (χ1v) is 5.27. The summed E-state index contributed by atoms with van der Waals surface area (Å²) in [4.78, 5) is 10.3. The number of hydrogen-bond acceptors (Lipinski definition) is 5. The van der Waals surface area contributed by atoms with E-state index < -0.39 is 0 Å². The summed E-state index contributed by atoms with van der Waals surface area (Å²) in [6.45, 7) is 4.01. The number of rotatable bonds is 4. The van der Waals surface area contributed by atoms with Crippen LogP contribution in [-0.4, -0.2) is 41.1 Å². The number of hydrogen-bond donors (Lipinski definition) is 1. The Bertz CT molecular complexity index is 295. The second kappa shape index (κ2) is 4.93. The minimum atomic E-state index is 0.418. The molecule has 0 atom stereocenters. The lowest BCUT2D eigenvalue weighted by atomic mass is 10.4. The van der Waals surface area contributed by atoms with Crippen LogP contribution in [0.3, 0.4) is 0 Å². The van der Waals surface area contributed by atoms with E-state index in [1.807, 2.05) is 0 Å². The van der Waals surface area contributed by atoms with Gasteiger partial charge in [-0.25, -0.2) is 9.97 Å². The van der Waals surface area contributed by atoms with E-state index in [1.165, 1.54) is 32.1 Å². The topological polar surface area (TPSA) is 64.3 Å². The van der Waals surface area contributed by atoms with Gasteiger partial charge in [0, 0.05) is 6.54 Å². The van der Waals surface area contributed by atoms with Crippen LogP contribution in [0.2, 0.25) is 0 Å². The molecular weight excluding hydrogens is 192 g/mol. The van der Waals surface area contributed by atoms with E-state index in [-0.39, 0.29) is 0 Å². The number of likely N-dealkylation sites (tertiary alicyclic amines) is 1. The fourth-order valence-electron chi connectivity index (χ4n) is 1.69. The van der Waals surface area contributed by atoms with Crippen molar-refractivity contribution < 1.29 is 4.74 Å². The Hall–Kier alpha value is -1.36.